The third-order valence-corrected chi connectivity index (χ3v) is 15.3. The summed E-state index contributed by atoms with van der Waals surface area (Å²) < 4.78 is 47.1. The molecule has 0 aromatic heterocycles. The second-order valence-electron chi connectivity index (χ2n) is 23.1. The van der Waals surface area contributed by atoms with Gasteiger partial charge in [-0.3, -0.25) is 57.9 Å². The van der Waals surface area contributed by atoms with E-state index < -0.39 is 71.8 Å². The summed E-state index contributed by atoms with van der Waals surface area (Å²) in [4.78, 5) is 117. The molecule has 102 heavy (non-hydrogen) atoms. The van der Waals surface area contributed by atoms with Crippen molar-refractivity contribution in [3.05, 3.63) is 215 Å². The zero-order valence-electron chi connectivity index (χ0n) is 58.7. The first-order valence-corrected chi connectivity index (χ1v) is 33.5. The van der Waals surface area contributed by atoms with E-state index in [9.17, 15) is 43.2 Å². The summed E-state index contributed by atoms with van der Waals surface area (Å²) in [5.41, 5.74) is 8.93. The normalized spacial score (nSPS) is 11.3. The molecule has 0 radical (unpaired) electrons. The van der Waals surface area contributed by atoms with Crippen LogP contribution < -0.4 is 30.5 Å². The lowest BCUT2D eigenvalue weighted by Gasteiger charge is -2.28. The van der Waals surface area contributed by atoms with Crippen LogP contribution in [0, 0.1) is 0 Å². The Hall–Kier alpha value is -9.03. The molecule has 0 aliphatic heterocycles. The number of esters is 9. The number of nitrogens with zero attached hydrogens (tertiary/aromatic N) is 3. The lowest BCUT2D eigenvalue weighted by atomic mass is 10.1. The van der Waals surface area contributed by atoms with Crippen molar-refractivity contribution in [1.82, 2.24) is 14.7 Å². The van der Waals surface area contributed by atoms with Gasteiger partial charge in [0.1, 0.15) is 57.8 Å². The summed E-state index contributed by atoms with van der Waals surface area (Å²) in [7, 11) is 3.89. The Morgan fingerprint density at radius 1 is 0.304 bits per heavy atom. The second kappa shape index (κ2) is 55.6. The van der Waals surface area contributed by atoms with Gasteiger partial charge in [0.05, 0.1) is 67.1 Å². The van der Waals surface area contributed by atoms with E-state index in [1.165, 1.54) is 36.0 Å². The predicted molar refractivity (Wildman–Crippen MR) is 376 cm³/mol. The Balaban J connectivity index is 0.000000754. The van der Waals surface area contributed by atoms with Crippen LogP contribution in [0.4, 0.5) is 0 Å². The van der Waals surface area contributed by atoms with E-state index in [1.807, 2.05) is 182 Å². The van der Waals surface area contributed by atoms with Gasteiger partial charge in [0.2, 0.25) is 0 Å². The van der Waals surface area contributed by atoms with E-state index in [-0.39, 0.29) is 111 Å². The van der Waals surface area contributed by atoms with Crippen molar-refractivity contribution in [2.24, 2.45) is 0 Å². The van der Waals surface area contributed by atoms with Crippen LogP contribution in [0.1, 0.15) is 125 Å². The van der Waals surface area contributed by atoms with Crippen LogP contribution in [0.3, 0.4) is 0 Å². The van der Waals surface area contributed by atoms with Gasteiger partial charge in [-0.15, -0.1) is 0 Å². The molecule has 0 aliphatic rings. The molecule has 3 unspecified atom stereocenters. The molecule has 3 N–H and O–H groups in total. The topological polar surface area (TPSA) is 274 Å². The van der Waals surface area contributed by atoms with Gasteiger partial charge in [-0.05, 0) is 65.5 Å². The molecule has 0 heterocycles. The summed E-state index contributed by atoms with van der Waals surface area (Å²) in [5, 5.41) is 0. The van der Waals surface area contributed by atoms with Crippen LogP contribution in [-0.4, -0.2) is 154 Å². The molecule has 0 bridgehead atoms. The van der Waals surface area contributed by atoms with Crippen LogP contribution in [0.15, 0.2) is 182 Å². The minimum Gasteiger partial charge on any atom is -1.00 e. The zero-order chi connectivity index (χ0) is 71.7. The van der Waals surface area contributed by atoms with Crippen molar-refractivity contribution >= 4 is 53.7 Å². The van der Waals surface area contributed by atoms with Gasteiger partial charge >= 0.3 is 53.7 Å². The summed E-state index contributed by atoms with van der Waals surface area (Å²) in [6, 6.07) is 53.6. The number of carbonyl (C=O) groups excluding carboxylic acids is 9. The lowest BCUT2D eigenvalue weighted by Crippen LogP contribution is -3.00. The fourth-order valence-corrected chi connectivity index (χ4v) is 9.97. The average Bonchev–Trinajstić information content (AvgIpc) is 0.877. The van der Waals surface area contributed by atoms with E-state index in [0.717, 1.165) is 84.9 Å². The molecule has 3 atom stereocenters. The van der Waals surface area contributed by atoms with Gasteiger partial charge in [0.25, 0.3) is 0 Å². The predicted octanol–water partition coefficient (Wildman–Crippen LogP) is 4.17. The highest BCUT2D eigenvalue weighted by Gasteiger charge is 2.34. The van der Waals surface area contributed by atoms with Gasteiger partial charge in [0.15, 0.2) is 0 Å². The minimum atomic E-state index is -0.768. The maximum Gasteiger partial charge on any atom is 0.323 e. The van der Waals surface area contributed by atoms with Crippen molar-refractivity contribution in [1.29, 1.82) is 0 Å². The molecule has 6 rings (SSSR count). The fourth-order valence-electron chi connectivity index (χ4n) is 9.97. The largest absolute Gasteiger partial charge is 1.00 e. The maximum absolute atomic E-state index is 12.6. The molecule has 0 saturated carbocycles. The highest BCUT2D eigenvalue weighted by molar-refractivity contribution is 5.82. The molecule has 0 amide bonds. The highest BCUT2D eigenvalue weighted by atomic mass is 35.5. The van der Waals surface area contributed by atoms with Crippen LogP contribution in [0.2, 0.25) is 0 Å². The van der Waals surface area contributed by atoms with Gasteiger partial charge in [0, 0.05) is 0 Å². The number of unbranched alkanes of at least 4 members (excludes halogenated alkanes) is 5. The minimum absolute atomic E-state index is 0. The van der Waals surface area contributed by atoms with Crippen LogP contribution >= 0.6 is 0 Å². The smallest absolute Gasteiger partial charge is 0.323 e. The Labute approximate surface area is 613 Å². The number of ether oxygens (including phenoxy) is 9. The molecule has 24 heteroatoms. The summed E-state index contributed by atoms with van der Waals surface area (Å²) >= 11 is 0. The Morgan fingerprint density at radius 2 is 0.480 bits per heavy atom. The van der Waals surface area contributed by atoms with Gasteiger partial charge in [-0.1, -0.05) is 242 Å². The fraction of sp³-hybridized carbons (Fsp3) is 0.423. The third kappa shape index (κ3) is 38.7. The molecular weight excluding hydrogens is 1350 g/mol. The van der Waals surface area contributed by atoms with E-state index in [0.29, 0.717) is 25.7 Å². The number of benzene rings is 6. The Kier molecular flexibility index (Phi) is 49.6. The Bertz CT molecular complexity index is 2760. The first-order chi connectivity index (χ1) is 48.1. The van der Waals surface area contributed by atoms with E-state index in [1.54, 1.807) is 0 Å². The van der Waals surface area contributed by atoms with E-state index in [2.05, 4.69) is 19.6 Å². The van der Waals surface area contributed by atoms with Crippen LogP contribution in [0.5, 0.6) is 0 Å². The highest BCUT2D eigenvalue weighted by Crippen LogP contribution is 2.18. The number of rotatable bonds is 42. The molecule has 22 nitrogen and oxygen atoms in total. The molecule has 558 valence electrons. The van der Waals surface area contributed by atoms with Gasteiger partial charge in [-0.25, -0.2) is 0 Å². The first kappa shape index (κ1) is 91.0. The van der Waals surface area contributed by atoms with Gasteiger partial charge < -0.3 is 73.2 Å². The van der Waals surface area contributed by atoms with Crippen molar-refractivity contribution in [2.45, 2.75) is 150 Å². The molecule has 0 saturated heterocycles. The summed E-state index contributed by atoms with van der Waals surface area (Å²) in [5.74, 6) is -4.68. The summed E-state index contributed by atoms with van der Waals surface area (Å²) in [6.45, 7) is 4.16. The number of hydrogen-bond donors (Lipinski definition) is 1. The van der Waals surface area contributed by atoms with Crippen molar-refractivity contribution in [3.8, 4) is 0 Å². The van der Waals surface area contributed by atoms with Crippen LogP contribution in [-0.2, 0) is 125 Å². The van der Waals surface area contributed by atoms with Crippen molar-refractivity contribution < 1.29 is 116 Å². The molecule has 0 spiro atoms. The molecule has 0 aliphatic carbocycles. The van der Waals surface area contributed by atoms with E-state index >= 15 is 0 Å². The SMILES string of the molecule is C.CCCCCC(C(=O)OC)N(CC(=O)OCc1ccccc1)CC(=O)OCc1ccccc1.CCCCCC(C(=O)OC)N(CC(=O)OCc1ccccc1)CC(=O)OCc1ccccc1.COC(=O)C(CCCC[NH3+])N(CC(=O)OCc1ccccc1)CC(=O)OCc1ccccc1.[Cl-].[Cl-]. The van der Waals surface area contributed by atoms with Gasteiger partial charge in [-0.2, -0.15) is 0 Å². The number of halogens is 2. The molecular formula is C78H103Cl2N4O18-. The average molecular weight is 1460 g/mol. The molecule has 6 aromatic carbocycles. The lowest BCUT2D eigenvalue weighted by molar-refractivity contribution is -0.368. The standard InChI is InChI=1S/2C26H33NO6.C25H32N2O6.CH4.2ClH/c2*1-3-4-7-16-23(26(30)31-2)27(17-24(28)32-19-21-12-8-5-9-13-21)18-25(29)33-20-22-14-10-6-11-15-22;1-31-25(30)22(14-8-9-15-26)27(16-23(28)32-18-20-10-4-2-5-11-20)17-24(29)33-19-21-12-6-3-7-13-21;;;/h2*5-6,8-15,23H,3-4,7,16-20H2,1-2H3;2-7,10-13,22H,8-9,14-19,26H2,1H3;1H4;2*1H/p-1. The number of carbonyl (C=O) groups is 9. The summed E-state index contributed by atoms with van der Waals surface area (Å²) in [6.07, 6.45) is 8.25. The number of hydrogen-bond acceptors (Lipinski definition) is 21. The Morgan fingerprint density at radius 3 is 0.637 bits per heavy atom. The van der Waals surface area contributed by atoms with E-state index in [4.69, 9.17) is 42.6 Å². The second-order valence-corrected chi connectivity index (χ2v) is 23.1. The zero-order valence-corrected chi connectivity index (χ0v) is 60.2. The molecule has 6 aromatic rings. The monoisotopic (exact) mass is 1450 g/mol. The van der Waals surface area contributed by atoms with Crippen LogP contribution in [0.25, 0.3) is 0 Å². The molecule has 0 fully saturated rings. The number of methoxy groups -OCH3 is 3. The maximum atomic E-state index is 12.6. The number of quaternary nitrogens is 1. The van der Waals surface area contributed by atoms with Crippen molar-refractivity contribution in [2.75, 3.05) is 67.1 Å². The quantitative estimate of drug-likeness (QED) is 0.0320. The third-order valence-electron chi connectivity index (χ3n) is 15.3. The first-order valence-electron chi connectivity index (χ1n) is 33.5. The van der Waals surface area contributed by atoms with Crippen molar-refractivity contribution in [3.63, 3.8) is 0 Å².